The van der Waals surface area contributed by atoms with E-state index in [-0.39, 0.29) is 5.78 Å². The van der Waals surface area contributed by atoms with Gasteiger partial charge in [-0.2, -0.15) is 13.2 Å². The van der Waals surface area contributed by atoms with Gasteiger partial charge in [-0.05, 0) is 38.8 Å². The van der Waals surface area contributed by atoms with Gasteiger partial charge in [0.25, 0.3) is 5.82 Å². The molecule has 2 fully saturated rings. The maximum Gasteiger partial charge on any atom is 0.419 e. The molecule has 2 N–H and O–H groups in total. The predicted octanol–water partition coefficient (Wildman–Crippen LogP) is 1.86. The van der Waals surface area contributed by atoms with Crippen LogP contribution in [0.25, 0.3) is 0 Å². The molecule has 8 heteroatoms. The Morgan fingerprint density at radius 1 is 1.21 bits per heavy atom. The SMILES string of the molecule is Cc1cc(C(=O)C[NH+]2CCN(c3ccc(C(F)(F)F)c[nH+]3)CC2)c(C)n1C1CC1. The molecule has 29 heavy (non-hydrogen) atoms. The highest BCUT2D eigenvalue weighted by Gasteiger charge is 2.34. The van der Waals surface area contributed by atoms with E-state index in [1.54, 1.807) is 0 Å². The van der Waals surface area contributed by atoms with Crippen LogP contribution in [0.3, 0.4) is 0 Å². The highest BCUT2D eigenvalue weighted by molar-refractivity contribution is 5.98. The van der Waals surface area contributed by atoms with E-state index in [9.17, 15) is 18.0 Å². The molecule has 1 aliphatic heterocycles. The third-order valence-corrected chi connectivity index (χ3v) is 6.04. The first-order chi connectivity index (χ1) is 13.7. The lowest BCUT2D eigenvalue weighted by atomic mass is 10.1. The van der Waals surface area contributed by atoms with Crippen molar-refractivity contribution in [3.05, 3.63) is 46.9 Å². The summed E-state index contributed by atoms with van der Waals surface area (Å²) in [5.41, 5.74) is 2.39. The predicted molar refractivity (Wildman–Crippen MR) is 102 cm³/mol. The second-order valence-electron chi connectivity index (χ2n) is 8.18. The van der Waals surface area contributed by atoms with Crippen molar-refractivity contribution < 1.29 is 27.8 Å². The maximum absolute atomic E-state index is 12.9. The van der Waals surface area contributed by atoms with Crippen LogP contribution in [0, 0.1) is 13.8 Å². The lowest BCUT2D eigenvalue weighted by Gasteiger charge is -2.28. The number of halogens is 3. The van der Waals surface area contributed by atoms with Crippen LogP contribution in [0.5, 0.6) is 0 Å². The zero-order valence-electron chi connectivity index (χ0n) is 16.8. The monoisotopic (exact) mass is 408 g/mol. The number of carbonyl (C=O) groups excluding carboxylic acids is 1. The van der Waals surface area contributed by atoms with Crippen molar-refractivity contribution in [1.29, 1.82) is 0 Å². The summed E-state index contributed by atoms with van der Waals surface area (Å²) in [6.45, 7) is 7.52. The lowest BCUT2D eigenvalue weighted by Crippen LogP contribution is -3.15. The van der Waals surface area contributed by atoms with Crippen LogP contribution in [0.1, 0.15) is 46.2 Å². The second-order valence-corrected chi connectivity index (χ2v) is 8.18. The normalized spacial score (nSPS) is 18.3. The Hall–Kier alpha value is -2.35. The number of nitrogens with zero attached hydrogens (tertiary/aromatic N) is 2. The minimum atomic E-state index is -4.34. The average molecular weight is 408 g/mol. The van der Waals surface area contributed by atoms with Crippen molar-refractivity contribution in [2.75, 3.05) is 37.6 Å². The number of ketones is 1. The molecule has 156 valence electrons. The Bertz CT molecular complexity index is 892. The number of aromatic nitrogens is 2. The fourth-order valence-corrected chi connectivity index (χ4v) is 4.31. The summed E-state index contributed by atoms with van der Waals surface area (Å²) in [4.78, 5) is 18.9. The molecule has 1 aliphatic carbocycles. The van der Waals surface area contributed by atoms with E-state index >= 15 is 0 Å². The number of pyridine rings is 1. The molecule has 2 aromatic heterocycles. The third kappa shape index (κ3) is 4.17. The highest BCUT2D eigenvalue weighted by Crippen LogP contribution is 2.38. The average Bonchev–Trinajstić information content (AvgIpc) is 3.46. The Morgan fingerprint density at radius 2 is 1.90 bits per heavy atom. The number of Topliss-reactive ketones (excluding diaryl/α,β-unsaturated/α-hetero) is 1. The van der Waals surface area contributed by atoms with Gasteiger partial charge in [0.15, 0.2) is 0 Å². The summed E-state index contributed by atoms with van der Waals surface area (Å²) in [6.07, 6.45) is -0.947. The van der Waals surface area contributed by atoms with Crippen LogP contribution < -0.4 is 14.8 Å². The molecule has 0 atom stereocenters. The smallest absolute Gasteiger partial charge is 0.345 e. The molecule has 2 aromatic rings. The maximum atomic E-state index is 12.9. The molecule has 1 saturated carbocycles. The van der Waals surface area contributed by atoms with Crippen LogP contribution >= 0.6 is 0 Å². The fourth-order valence-electron chi connectivity index (χ4n) is 4.31. The molecule has 0 radical (unpaired) electrons. The van der Waals surface area contributed by atoms with E-state index in [1.807, 2.05) is 17.9 Å². The van der Waals surface area contributed by atoms with E-state index in [4.69, 9.17) is 0 Å². The first-order valence-electron chi connectivity index (χ1n) is 10.1. The number of aromatic amines is 1. The molecule has 0 unspecified atom stereocenters. The summed E-state index contributed by atoms with van der Waals surface area (Å²) >= 11 is 0. The molecule has 0 amide bonds. The summed E-state index contributed by atoms with van der Waals surface area (Å²) < 4.78 is 40.4. The minimum Gasteiger partial charge on any atom is -0.345 e. The van der Waals surface area contributed by atoms with E-state index in [0.29, 0.717) is 31.5 Å². The molecule has 0 bridgehead atoms. The number of hydrogen-bond acceptors (Lipinski definition) is 2. The number of nitrogens with one attached hydrogen (secondary N) is 2. The van der Waals surface area contributed by atoms with Gasteiger partial charge in [0.2, 0.25) is 5.78 Å². The van der Waals surface area contributed by atoms with E-state index in [2.05, 4.69) is 16.5 Å². The van der Waals surface area contributed by atoms with Gasteiger partial charge < -0.3 is 9.47 Å². The Kier molecular flexibility index (Phi) is 5.14. The summed E-state index contributed by atoms with van der Waals surface area (Å²) in [6, 6.07) is 5.16. The molecule has 4 rings (SSSR count). The van der Waals surface area contributed by atoms with Crippen LogP contribution in [0.4, 0.5) is 19.0 Å². The van der Waals surface area contributed by atoms with E-state index in [0.717, 1.165) is 42.3 Å². The standard InChI is InChI=1S/C21H25F3N4O/c1-14-11-18(15(2)28(14)17-4-5-17)19(29)13-26-7-9-27(10-8-26)20-6-3-16(12-25-20)21(22,23)24/h3,6,11-12,17H,4-5,7-10,13H2,1-2H3/p+2. The first kappa shape index (κ1) is 19.9. The van der Waals surface area contributed by atoms with Crippen molar-refractivity contribution in [3.8, 4) is 0 Å². The zero-order valence-corrected chi connectivity index (χ0v) is 16.8. The van der Waals surface area contributed by atoms with Crippen LogP contribution in [0.15, 0.2) is 24.4 Å². The molecule has 3 heterocycles. The van der Waals surface area contributed by atoms with Crippen molar-refractivity contribution >= 4 is 11.6 Å². The Labute approximate surface area is 168 Å². The zero-order chi connectivity index (χ0) is 20.8. The number of rotatable bonds is 5. The van der Waals surface area contributed by atoms with Gasteiger partial charge in [-0.25, -0.2) is 4.98 Å². The number of hydrogen-bond donors (Lipinski definition) is 1. The van der Waals surface area contributed by atoms with Crippen LogP contribution in [-0.4, -0.2) is 43.1 Å². The highest BCUT2D eigenvalue weighted by atomic mass is 19.4. The van der Waals surface area contributed by atoms with Gasteiger partial charge in [0, 0.05) is 29.1 Å². The molecule has 5 nitrogen and oxygen atoms in total. The van der Waals surface area contributed by atoms with E-state index in [1.165, 1.54) is 23.8 Å². The Morgan fingerprint density at radius 3 is 2.45 bits per heavy atom. The van der Waals surface area contributed by atoms with Crippen LogP contribution in [-0.2, 0) is 6.18 Å². The lowest BCUT2D eigenvalue weighted by molar-refractivity contribution is -0.892. The molecule has 0 spiro atoms. The second kappa shape index (κ2) is 7.48. The van der Waals surface area contributed by atoms with Gasteiger partial charge in [-0.15, -0.1) is 0 Å². The van der Waals surface area contributed by atoms with E-state index < -0.39 is 11.7 Å². The number of H-pyrrole nitrogens is 1. The van der Waals surface area contributed by atoms with Crippen molar-refractivity contribution in [2.45, 2.75) is 38.9 Å². The molecule has 1 saturated heterocycles. The summed E-state index contributed by atoms with van der Waals surface area (Å²) in [7, 11) is 0. The number of piperazine rings is 1. The minimum absolute atomic E-state index is 0.176. The van der Waals surface area contributed by atoms with Gasteiger partial charge in [-0.1, -0.05) is 0 Å². The van der Waals surface area contributed by atoms with Gasteiger partial charge >= 0.3 is 6.18 Å². The third-order valence-electron chi connectivity index (χ3n) is 6.04. The van der Waals surface area contributed by atoms with Gasteiger partial charge in [0.1, 0.15) is 38.9 Å². The summed E-state index contributed by atoms with van der Waals surface area (Å²) in [5, 5.41) is 0. The fraction of sp³-hybridized carbons (Fsp3) is 0.524. The van der Waals surface area contributed by atoms with Crippen molar-refractivity contribution in [2.24, 2.45) is 0 Å². The topological polar surface area (TPSA) is 43.8 Å². The number of aryl methyl sites for hydroxylation is 1. The largest absolute Gasteiger partial charge is 0.419 e. The van der Waals surface area contributed by atoms with Crippen molar-refractivity contribution in [1.82, 2.24) is 4.57 Å². The van der Waals surface area contributed by atoms with Gasteiger partial charge in [-0.3, -0.25) is 9.69 Å². The van der Waals surface area contributed by atoms with Crippen molar-refractivity contribution in [3.63, 3.8) is 0 Å². The molecular weight excluding hydrogens is 381 g/mol. The first-order valence-corrected chi connectivity index (χ1v) is 10.1. The van der Waals surface area contributed by atoms with Gasteiger partial charge in [0.05, 0.1) is 5.56 Å². The molecular formula is C21H27F3N4O+2. The van der Waals surface area contributed by atoms with Crippen LogP contribution in [0.2, 0.25) is 0 Å². The number of carbonyl (C=O) groups is 1. The number of alkyl halides is 3. The quantitative estimate of drug-likeness (QED) is 0.768. The Balaban J connectivity index is 1.34. The molecule has 0 aromatic carbocycles. The molecule has 2 aliphatic rings. The number of quaternary nitrogens is 1. The number of anilines is 1. The summed E-state index contributed by atoms with van der Waals surface area (Å²) in [5.74, 6) is 0.853.